The van der Waals surface area contributed by atoms with Crippen molar-refractivity contribution in [3.8, 4) is 0 Å². The third-order valence-electron chi connectivity index (χ3n) is 1.80. The van der Waals surface area contributed by atoms with E-state index < -0.39 is 0 Å². The molecule has 0 aromatic heterocycles. The van der Waals surface area contributed by atoms with E-state index in [0.29, 0.717) is 9.99 Å². The predicted molar refractivity (Wildman–Crippen MR) is 60.9 cm³/mol. The van der Waals surface area contributed by atoms with Crippen LogP contribution in [0.15, 0.2) is 30.9 Å². The molecule has 70 valence electrons. The third kappa shape index (κ3) is 2.51. The molecule has 13 heavy (non-hydrogen) atoms. The molecule has 0 saturated heterocycles. The number of rotatable bonds is 3. The Morgan fingerprint density at radius 3 is 2.92 bits per heavy atom. The zero-order valence-electron chi connectivity index (χ0n) is 7.13. The van der Waals surface area contributed by atoms with E-state index in [2.05, 4.69) is 6.58 Å². The molecule has 0 radical (unpaired) electrons. The molecule has 0 saturated carbocycles. The van der Waals surface area contributed by atoms with Gasteiger partial charge in [-0.25, -0.2) is 4.39 Å². The Bertz CT molecular complexity index is 312. The van der Waals surface area contributed by atoms with Gasteiger partial charge >= 0.3 is 0 Å². The maximum absolute atomic E-state index is 13.1. The van der Waals surface area contributed by atoms with Crippen LogP contribution in [0.2, 0.25) is 0 Å². The fourth-order valence-corrected chi connectivity index (χ4v) is 1.87. The highest BCUT2D eigenvalue weighted by Crippen LogP contribution is 2.22. The van der Waals surface area contributed by atoms with E-state index in [1.54, 1.807) is 12.1 Å². The SMILES string of the molecule is C=CC[C@@H](N)c1cccc(F)c1I. The van der Waals surface area contributed by atoms with E-state index in [0.717, 1.165) is 5.56 Å². The molecule has 0 aliphatic carbocycles. The van der Waals surface area contributed by atoms with E-state index in [1.165, 1.54) is 6.07 Å². The highest BCUT2D eigenvalue weighted by Gasteiger charge is 2.10. The minimum absolute atomic E-state index is 0.153. The molecule has 1 aromatic carbocycles. The average molecular weight is 291 g/mol. The van der Waals surface area contributed by atoms with Crippen LogP contribution in [0.3, 0.4) is 0 Å². The van der Waals surface area contributed by atoms with Gasteiger partial charge in [0, 0.05) is 6.04 Å². The summed E-state index contributed by atoms with van der Waals surface area (Å²) in [4.78, 5) is 0. The van der Waals surface area contributed by atoms with Gasteiger partial charge in [0.15, 0.2) is 0 Å². The molecule has 1 rings (SSSR count). The quantitative estimate of drug-likeness (QED) is 0.672. The Kier molecular flexibility index (Phi) is 3.87. The van der Waals surface area contributed by atoms with Gasteiger partial charge in [0.2, 0.25) is 0 Å². The van der Waals surface area contributed by atoms with E-state index in [-0.39, 0.29) is 11.9 Å². The Hall–Kier alpha value is -0.420. The van der Waals surface area contributed by atoms with Crippen molar-refractivity contribution in [1.29, 1.82) is 0 Å². The number of hydrogen-bond acceptors (Lipinski definition) is 1. The Balaban J connectivity index is 3.00. The molecule has 0 amide bonds. The van der Waals surface area contributed by atoms with Gasteiger partial charge in [-0.15, -0.1) is 6.58 Å². The lowest BCUT2D eigenvalue weighted by Crippen LogP contribution is -2.11. The van der Waals surface area contributed by atoms with Crippen molar-refractivity contribution in [2.24, 2.45) is 5.73 Å². The van der Waals surface area contributed by atoms with Crippen molar-refractivity contribution in [3.63, 3.8) is 0 Å². The molecular formula is C10H11FIN. The molecule has 1 aromatic rings. The van der Waals surface area contributed by atoms with Crippen LogP contribution in [-0.2, 0) is 0 Å². The van der Waals surface area contributed by atoms with Crippen molar-refractivity contribution in [2.75, 3.05) is 0 Å². The second kappa shape index (κ2) is 4.72. The first kappa shape index (κ1) is 10.7. The lowest BCUT2D eigenvalue weighted by atomic mass is 10.1. The Labute approximate surface area is 91.0 Å². The summed E-state index contributed by atoms with van der Waals surface area (Å²) in [6.07, 6.45) is 2.41. The Morgan fingerprint density at radius 2 is 2.31 bits per heavy atom. The molecular weight excluding hydrogens is 280 g/mol. The highest BCUT2D eigenvalue weighted by atomic mass is 127. The Morgan fingerprint density at radius 1 is 1.62 bits per heavy atom. The van der Waals surface area contributed by atoms with E-state index in [1.807, 2.05) is 28.7 Å². The highest BCUT2D eigenvalue weighted by molar-refractivity contribution is 14.1. The van der Waals surface area contributed by atoms with Crippen LogP contribution < -0.4 is 5.73 Å². The molecule has 0 spiro atoms. The molecule has 1 nitrogen and oxygen atoms in total. The minimum atomic E-state index is -0.211. The van der Waals surface area contributed by atoms with Crippen LogP contribution in [0.1, 0.15) is 18.0 Å². The maximum Gasteiger partial charge on any atom is 0.136 e. The molecule has 0 fully saturated rings. The van der Waals surface area contributed by atoms with Gasteiger partial charge in [-0.3, -0.25) is 0 Å². The van der Waals surface area contributed by atoms with E-state index in [4.69, 9.17) is 5.73 Å². The van der Waals surface area contributed by atoms with Crippen molar-refractivity contribution < 1.29 is 4.39 Å². The summed E-state index contributed by atoms with van der Waals surface area (Å²) in [5.41, 5.74) is 6.68. The van der Waals surface area contributed by atoms with Crippen molar-refractivity contribution in [1.82, 2.24) is 0 Å². The van der Waals surface area contributed by atoms with Gasteiger partial charge in [0.05, 0.1) is 3.57 Å². The van der Waals surface area contributed by atoms with Gasteiger partial charge in [-0.1, -0.05) is 18.2 Å². The first-order valence-electron chi connectivity index (χ1n) is 3.97. The van der Waals surface area contributed by atoms with Crippen LogP contribution in [0.5, 0.6) is 0 Å². The van der Waals surface area contributed by atoms with Gasteiger partial charge in [-0.05, 0) is 40.6 Å². The summed E-state index contributed by atoms with van der Waals surface area (Å²) < 4.78 is 13.7. The predicted octanol–water partition coefficient (Wildman–Crippen LogP) is 3.01. The fourth-order valence-electron chi connectivity index (χ4n) is 1.11. The summed E-state index contributed by atoms with van der Waals surface area (Å²) in [6.45, 7) is 3.60. The normalized spacial score (nSPS) is 12.5. The van der Waals surface area contributed by atoms with Gasteiger partial charge in [-0.2, -0.15) is 0 Å². The lowest BCUT2D eigenvalue weighted by molar-refractivity contribution is 0.610. The molecule has 0 aliphatic rings. The fraction of sp³-hybridized carbons (Fsp3) is 0.200. The number of benzene rings is 1. The van der Waals surface area contributed by atoms with Gasteiger partial charge in [0.1, 0.15) is 5.82 Å². The zero-order valence-corrected chi connectivity index (χ0v) is 9.29. The van der Waals surface area contributed by atoms with Crippen LogP contribution in [0, 0.1) is 9.39 Å². The minimum Gasteiger partial charge on any atom is -0.324 e. The number of hydrogen-bond donors (Lipinski definition) is 1. The second-order valence-corrected chi connectivity index (χ2v) is 3.85. The van der Waals surface area contributed by atoms with Crippen LogP contribution >= 0.6 is 22.6 Å². The van der Waals surface area contributed by atoms with E-state index in [9.17, 15) is 4.39 Å². The summed E-state index contributed by atoms with van der Waals surface area (Å²) >= 11 is 1.97. The molecule has 0 aliphatic heterocycles. The van der Waals surface area contributed by atoms with Crippen molar-refractivity contribution in [2.45, 2.75) is 12.5 Å². The molecule has 0 unspecified atom stereocenters. The number of nitrogens with two attached hydrogens (primary N) is 1. The van der Waals surface area contributed by atoms with Crippen LogP contribution in [-0.4, -0.2) is 0 Å². The first-order valence-corrected chi connectivity index (χ1v) is 5.05. The van der Waals surface area contributed by atoms with Crippen molar-refractivity contribution in [3.05, 3.63) is 45.8 Å². The average Bonchev–Trinajstić information content (AvgIpc) is 2.10. The van der Waals surface area contributed by atoms with Crippen molar-refractivity contribution >= 4 is 22.6 Å². The monoisotopic (exact) mass is 291 g/mol. The van der Waals surface area contributed by atoms with Crippen LogP contribution in [0.4, 0.5) is 4.39 Å². The summed E-state index contributed by atoms with van der Waals surface area (Å²) in [6, 6.07) is 4.81. The third-order valence-corrected chi connectivity index (χ3v) is 2.94. The number of halogens is 2. The molecule has 0 bridgehead atoms. The van der Waals surface area contributed by atoms with Gasteiger partial charge in [0.25, 0.3) is 0 Å². The lowest BCUT2D eigenvalue weighted by Gasteiger charge is -2.11. The molecule has 2 N–H and O–H groups in total. The van der Waals surface area contributed by atoms with Crippen LogP contribution in [0.25, 0.3) is 0 Å². The molecule has 0 heterocycles. The molecule has 3 heteroatoms. The van der Waals surface area contributed by atoms with Gasteiger partial charge < -0.3 is 5.73 Å². The zero-order chi connectivity index (χ0) is 9.84. The van der Waals surface area contributed by atoms with E-state index >= 15 is 0 Å². The second-order valence-electron chi connectivity index (χ2n) is 2.77. The first-order chi connectivity index (χ1) is 6.16. The topological polar surface area (TPSA) is 26.0 Å². The maximum atomic E-state index is 13.1. The standard InChI is InChI=1S/C10H11FIN/c1-2-4-9(13)7-5-3-6-8(11)10(7)12/h2-3,5-6,9H,1,4,13H2/t9-/m1/s1. The smallest absolute Gasteiger partial charge is 0.136 e. The largest absolute Gasteiger partial charge is 0.324 e. The molecule has 1 atom stereocenters. The summed E-state index contributed by atoms with van der Waals surface area (Å²) in [7, 11) is 0. The summed E-state index contributed by atoms with van der Waals surface area (Å²) in [5, 5.41) is 0. The summed E-state index contributed by atoms with van der Waals surface area (Å²) in [5.74, 6) is -0.211.